The zero-order valence-corrected chi connectivity index (χ0v) is 12.0. The number of amides is 3. The molecule has 0 saturated carbocycles. The second-order valence-corrected chi connectivity index (χ2v) is 5.46. The summed E-state index contributed by atoms with van der Waals surface area (Å²) in [6.07, 6.45) is 0.700. The SMILES string of the molecule is CNC(=O)C1(C)CCN(C(=O)NCc2ccccc2)C1. The number of rotatable bonds is 3. The summed E-state index contributed by atoms with van der Waals surface area (Å²) in [6.45, 7) is 3.49. The fourth-order valence-electron chi connectivity index (χ4n) is 2.51. The van der Waals surface area contributed by atoms with Crippen LogP contribution in [0.3, 0.4) is 0 Å². The molecule has 1 aliphatic rings. The lowest BCUT2D eigenvalue weighted by molar-refractivity contribution is -0.128. The average molecular weight is 275 g/mol. The molecule has 1 heterocycles. The molecule has 1 aliphatic heterocycles. The number of benzene rings is 1. The van der Waals surface area contributed by atoms with Crippen LogP contribution in [0.2, 0.25) is 0 Å². The number of hydrogen-bond donors (Lipinski definition) is 2. The van der Waals surface area contributed by atoms with Gasteiger partial charge in [0, 0.05) is 26.7 Å². The minimum atomic E-state index is -0.473. The Morgan fingerprint density at radius 2 is 2.00 bits per heavy atom. The number of nitrogens with zero attached hydrogens (tertiary/aromatic N) is 1. The highest BCUT2D eigenvalue weighted by atomic mass is 16.2. The second kappa shape index (κ2) is 5.94. The molecule has 1 atom stereocenters. The highest BCUT2D eigenvalue weighted by Gasteiger charge is 2.41. The van der Waals surface area contributed by atoms with E-state index in [2.05, 4.69) is 10.6 Å². The van der Waals surface area contributed by atoms with E-state index >= 15 is 0 Å². The first-order chi connectivity index (χ1) is 9.55. The van der Waals surface area contributed by atoms with E-state index in [1.807, 2.05) is 37.3 Å². The van der Waals surface area contributed by atoms with Crippen LogP contribution in [0.1, 0.15) is 18.9 Å². The molecule has 0 aromatic heterocycles. The normalized spacial score (nSPS) is 21.6. The first kappa shape index (κ1) is 14.4. The molecule has 1 fully saturated rings. The van der Waals surface area contributed by atoms with Crippen molar-refractivity contribution in [2.75, 3.05) is 20.1 Å². The van der Waals surface area contributed by atoms with Gasteiger partial charge >= 0.3 is 6.03 Å². The van der Waals surface area contributed by atoms with Crippen molar-refractivity contribution >= 4 is 11.9 Å². The lowest BCUT2D eigenvalue weighted by atomic mass is 9.89. The molecule has 1 saturated heterocycles. The van der Waals surface area contributed by atoms with Crippen LogP contribution in [0.15, 0.2) is 30.3 Å². The lowest BCUT2D eigenvalue weighted by Gasteiger charge is -2.22. The second-order valence-electron chi connectivity index (χ2n) is 5.46. The Balaban J connectivity index is 1.87. The van der Waals surface area contributed by atoms with Gasteiger partial charge in [0.2, 0.25) is 5.91 Å². The van der Waals surface area contributed by atoms with E-state index in [4.69, 9.17) is 0 Å². The fraction of sp³-hybridized carbons (Fsp3) is 0.467. The van der Waals surface area contributed by atoms with Gasteiger partial charge in [-0.3, -0.25) is 4.79 Å². The summed E-state index contributed by atoms with van der Waals surface area (Å²) >= 11 is 0. The van der Waals surface area contributed by atoms with Crippen molar-refractivity contribution in [3.8, 4) is 0 Å². The van der Waals surface area contributed by atoms with Crippen LogP contribution in [0.4, 0.5) is 4.79 Å². The van der Waals surface area contributed by atoms with Crippen molar-refractivity contribution in [3.05, 3.63) is 35.9 Å². The lowest BCUT2D eigenvalue weighted by Crippen LogP contribution is -2.43. The number of likely N-dealkylation sites (tertiary alicyclic amines) is 1. The Bertz CT molecular complexity index is 489. The third kappa shape index (κ3) is 3.10. The predicted octanol–water partition coefficient (Wildman–Crippen LogP) is 1.35. The van der Waals surface area contributed by atoms with Gasteiger partial charge in [-0.2, -0.15) is 0 Å². The summed E-state index contributed by atoms with van der Waals surface area (Å²) < 4.78 is 0. The summed E-state index contributed by atoms with van der Waals surface area (Å²) in [6, 6.07) is 9.67. The van der Waals surface area contributed by atoms with Crippen LogP contribution in [0, 0.1) is 5.41 Å². The van der Waals surface area contributed by atoms with Crippen LogP contribution < -0.4 is 10.6 Å². The van der Waals surface area contributed by atoms with E-state index in [-0.39, 0.29) is 11.9 Å². The average Bonchev–Trinajstić information content (AvgIpc) is 2.89. The van der Waals surface area contributed by atoms with Crippen LogP contribution >= 0.6 is 0 Å². The molecule has 0 aliphatic carbocycles. The van der Waals surface area contributed by atoms with Crippen LogP contribution in [-0.2, 0) is 11.3 Å². The molecule has 0 spiro atoms. The standard InChI is InChI=1S/C15H21N3O2/c1-15(13(19)16-2)8-9-18(11-15)14(20)17-10-12-6-4-3-5-7-12/h3-7H,8-11H2,1-2H3,(H,16,19)(H,17,20). The van der Waals surface area contributed by atoms with Crippen LogP contribution in [-0.4, -0.2) is 37.0 Å². The van der Waals surface area contributed by atoms with Gasteiger partial charge < -0.3 is 15.5 Å². The van der Waals surface area contributed by atoms with Crippen molar-refractivity contribution in [1.29, 1.82) is 0 Å². The van der Waals surface area contributed by atoms with E-state index in [1.54, 1.807) is 11.9 Å². The monoisotopic (exact) mass is 275 g/mol. The molecule has 1 aromatic carbocycles. The molecule has 2 rings (SSSR count). The molecule has 5 nitrogen and oxygen atoms in total. The van der Waals surface area contributed by atoms with E-state index in [0.29, 0.717) is 26.1 Å². The van der Waals surface area contributed by atoms with Gasteiger partial charge in [-0.25, -0.2) is 4.79 Å². The van der Waals surface area contributed by atoms with Crippen molar-refractivity contribution in [3.63, 3.8) is 0 Å². The molecule has 5 heteroatoms. The van der Waals surface area contributed by atoms with Crippen molar-refractivity contribution in [1.82, 2.24) is 15.5 Å². The van der Waals surface area contributed by atoms with Gasteiger partial charge in [0.25, 0.3) is 0 Å². The third-order valence-corrected chi connectivity index (χ3v) is 3.82. The Kier molecular flexibility index (Phi) is 4.27. The van der Waals surface area contributed by atoms with Gasteiger partial charge in [0.05, 0.1) is 5.41 Å². The van der Waals surface area contributed by atoms with Crippen molar-refractivity contribution in [2.24, 2.45) is 5.41 Å². The maximum Gasteiger partial charge on any atom is 0.317 e. The largest absolute Gasteiger partial charge is 0.359 e. The minimum Gasteiger partial charge on any atom is -0.359 e. The van der Waals surface area contributed by atoms with Crippen molar-refractivity contribution < 1.29 is 9.59 Å². The highest BCUT2D eigenvalue weighted by Crippen LogP contribution is 2.29. The Morgan fingerprint density at radius 3 is 2.65 bits per heavy atom. The Hall–Kier alpha value is -2.04. The predicted molar refractivity (Wildman–Crippen MR) is 77.0 cm³/mol. The molecule has 1 unspecified atom stereocenters. The molecular weight excluding hydrogens is 254 g/mol. The van der Waals surface area contributed by atoms with Gasteiger partial charge in [0.15, 0.2) is 0 Å². The molecule has 0 bridgehead atoms. The summed E-state index contributed by atoms with van der Waals surface area (Å²) in [5, 5.41) is 5.56. The minimum absolute atomic E-state index is 0.00383. The molecule has 2 N–H and O–H groups in total. The smallest absolute Gasteiger partial charge is 0.317 e. The first-order valence-electron chi connectivity index (χ1n) is 6.84. The van der Waals surface area contributed by atoms with Crippen molar-refractivity contribution in [2.45, 2.75) is 19.9 Å². The number of hydrogen-bond acceptors (Lipinski definition) is 2. The fourth-order valence-corrected chi connectivity index (χ4v) is 2.51. The zero-order valence-electron chi connectivity index (χ0n) is 12.0. The quantitative estimate of drug-likeness (QED) is 0.875. The van der Waals surface area contributed by atoms with E-state index in [9.17, 15) is 9.59 Å². The van der Waals surface area contributed by atoms with Gasteiger partial charge in [-0.05, 0) is 18.9 Å². The summed E-state index contributed by atoms with van der Waals surface area (Å²) in [5.74, 6) is -0.00383. The topological polar surface area (TPSA) is 61.4 Å². The van der Waals surface area contributed by atoms with Gasteiger partial charge in [-0.1, -0.05) is 30.3 Å². The summed E-state index contributed by atoms with van der Waals surface area (Å²) in [4.78, 5) is 25.6. The summed E-state index contributed by atoms with van der Waals surface area (Å²) in [7, 11) is 1.63. The Labute approximate surface area is 119 Å². The molecule has 20 heavy (non-hydrogen) atoms. The molecular formula is C15H21N3O2. The molecule has 1 aromatic rings. The highest BCUT2D eigenvalue weighted by molar-refractivity contribution is 5.84. The maximum atomic E-state index is 12.1. The third-order valence-electron chi connectivity index (χ3n) is 3.82. The number of carbonyl (C=O) groups excluding carboxylic acids is 2. The van der Waals surface area contributed by atoms with E-state index in [0.717, 1.165) is 5.56 Å². The zero-order chi connectivity index (χ0) is 14.6. The van der Waals surface area contributed by atoms with E-state index < -0.39 is 5.41 Å². The van der Waals surface area contributed by atoms with Gasteiger partial charge in [-0.15, -0.1) is 0 Å². The number of nitrogens with one attached hydrogen (secondary N) is 2. The van der Waals surface area contributed by atoms with Crippen LogP contribution in [0.5, 0.6) is 0 Å². The molecule has 3 amide bonds. The first-order valence-corrected chi connectivity index (χ1v) is 6.84. The molecule has 108 valence electrons. The van der Waals surface area contributed by atoms with Crippen LogP contribution in [0.25, 0.3) is 0 Å². The van der Waals surface area contributed by atoms with Gasteiger partial charge in [0.1, 0.15) is 0 Å². The Morgan fingerprint density at radius 1 is 1.30 bits per heavy atom. The number of carbonyl (C=O) groups is 2. The number of urea groups is 1. The van der Waals surface area contributed by atoms with E-state index in [1.165, 1.54) is 0 Å². The molecule has 0 radical (unpaired) electrons. The summed E-state index contributed by atoms with van der Waals surface area (Å²) in [5.41, 5.74) is 0.591. The maximum absolute atomic E-state index is 12.1.